The minimum atomic E-state index is -4.79. The predicted octanol–water partition coefficient (Wildman–Crippen LogP) is 4.85. The van der Waals surface area contributed by atoms with E-state index in [1.54, 1.807) is 19.1 Å². The monoisotopic (exact) mass is 516 g/mol. The maximum Gasteiger partial charge on any atom is 0.417 e. The molecule has 3 aromatic rings. The number of carbonyl (C=O) groups excluding carboxylic acids is 1. The number of nitrogens with zero attached hydrogens (tertiary/aromatic N) is 2. The highest BCUT2D eigenvalue weighted by molar-refractivity contribution is 7.99. The smallest absolute Gasteiger partial charge is 0.351 e. The molecule has 174 valence electrons. The SMILES string of the molecule is CCNC(=O)c1cc(Sc2ccc(NS(=O)(=O)c3ccc(Cl)c(C(F)(F)F)c3)cc2)ncn1. The van der Waals surface area contributed by atoms with Crippen LogP contribution in [0.15, 0.2) is 69.7 Å². The molecular formula is C20H16ClF3N4O3S2. The maximum atomic E-state index is 13.0. The number of nitrogens with one attached hydrogen (secondary N) is 2. The second kappa shape index (κ2) is 9.98. The second-order valence-electron chi connectivity index (χ2n) is 6.47. The molecule has 2 aromatic carbocycles. The summed E-state index contributed by atoms with van der Waals surface area (Å²) in [6.07, 6.45) is -3.53. The van der Waals surface area contributed by atoms with Gasteiger partial charge in [-0.1, -0.05) is 23.4 Å². The lowest BCUT2D eigenvalue weighted by Gasteiger charge is -2.13. The average Bonchev–Trinajstić information content (AvgIpc) is 2.74. The zero-order valence-electron chi connectivity index (χ0n) is 16.9. The summed E-state index contributed by atoms with van der Waals surface area (Å²) in [6, 6.07) is 9.97. The maximum absolute atomic E-state index is 13.0. The number of carbonyl (C=O) groups is 1. The highest BCUT2D eigenvalue weighted by atomic mass is 35.5. The molecule has 1 aromatic heterocycles. The lowest BCUT2D eigenvalue weighted by molar-refractivity contribution is -0.137. The summed E-state index contributed by atoms with van der Waals surface area (Å²) in [5, 5.41) is 2.54. The summed E-state index contributed by atoms with van der Waals surface area (Å²) < 4.78 is 66.4. The fourth-order valence-electron chi connectivity index (χ4n) is 2.59. The zero-order chi connectivity index (χ0) is 24.2. The molecule has 0 unspecified atom stereocenters. The van der Waals surface area contributed by atoms with Crippen LogP contribution in [0.5, 0.6) is 0 Å². The predicted molar refractivity (Wildman–Crippen MR) is 118 cm³/mol. The summed E-state index contributed by atoms with van der Waals surface area (Å²) in [5.74, 6) is -0.331. The Morgan fingerprint density at radius 3 is 2.42 bits per heavy atom. The Bertz CT molecular complexity index is 1270. The van der Waals surface area contributed by atoms with Gasteiger partial charge in [-0.15, -0.1) is 0 Å². The van der Waals surface area contributed by atoms with Crippen molar-refractivity contribution in [3.05, 3.63) is 71.1 Å². The normalized spacial score (nSPS) is 11.8. The molecule has 3 rings (SSSR count). The van der Waals surface area contributed by atoms with Gasteiger partial charge in [0.15, 0.2) is 0 Å². The molecule has 0 spiro atoms. The van der Waals surface area contributed by atoms with Crippen LogP contribution in [-0.4, -0.2) is 30.8 Å². The lowest BCUT2D eigenvalue weighted by Crippen LogP contribution is -2.23. The molecule has 0 aliphatic rings. The highest BCUT2D eigenvalue weighted by Gasteiger charge is 2.34. The Kier molecular flexibility index (Phi) is 7.50. The van der Waals surface area contributed by atoms with Gasteiger partial charge in [-0.2, -0.15) is 13.2 Å². The second-order valence-corrected chi connectivity index (χ2v) is 9.66. The molecule has 1 amide bonds. The molecule has 0 saturated heterocycles. The molecular weight excluding hydrogens is 501 g/mol. The largest absolute Gasteiger partial charge is 0.417 e. The Balaban J connectivity index is 1.75. The first-order valence-electron chi connectivity index (χ1n) is 9.27. The quantitative estimate of drug-likeness (QED) is 0.435. The fourth-order valence-corrected chi connectivity index (χ4v) is 4.68. The summed E-state index contributed by atoms with van der Waals surface area (Å²) in [7, 11) is -4.29. The van der Waals surface area contributed by atoms with Crippen molar-refractivity contribution in [2.75, 3.05) is 11.3 Å². The molecule has 1 heterocycles. The van der Waals surface area contributed by atoms with Crippen LogP contribution in [0, 0.1) is 0 Å². The van der Waals surface area contributed by atoms with Gasteiger partial charge in [0.1, 0.15) is 17.0 Å². The molecule has 0 saturated carbocycles. The number of alkyl halides is 3. The Labute approximate surface area is 196 Å². The molecule has 33 heavy (non-hydrogen) atoms. The Hall–Kier alpha value is -2.83. The van der Waals surface area contributed by atoms with Crippen LogP contribution in [0.1, 0.15) is 23.0 Å². The number of amides is 1. The van der Waals surface area contributed by atoms with Crippen LogP contribution in [0.4, 0.5) is 18.9 Å². The van der Waals surface area contributed by atoms with E-state index < -0.39 is 31.7 Å². The topological polar surface area (TPSA) is 101 Å². The van der Waals surface area contributed by atoms with Gasteiger partial charge >= 0.3 is 6.18 Å². The van der Waals surface area contributed by atoms with Crippen LogP contribution >= 0.6 is 23.4 Å². The number of benzene rings is 2. The van der Waals surface area contributed by atoms with Crippen molar-refractivity contribution in [3.8, 4) is 0 Å². The number of aromatic nitrogens is 2. The van der Waals surface area contributed by atoms with Gasteiger partial charge in [0.05, 0.1) is 15.5 Å². The molecule has 0 fully saturated rings. The minimum Gasteiger partial charge on any atom is -0.351 e. The van der Waals surface area contributed by atoms with Gasteiger partial charge in [-0.3, -0.25) is 9.52 Å². The number of rotatable bonds is 7. The van der Waals surface area contributed by atoms with Gasteiger partial charge < -0.3 is 5.32 Å². The van der Waals surface area contributed by atoms with Gasteiger partial charge in [-0.25, -0.2) is 18.4 Å². The average molecular weight is 517 g/mol. The first-order chi connectivity index (χ1) is 15.5. The van der Waals surface area contributed by atoms with E-state index in [2.05, 4.69) is 20.0 Å². The number of anilines is 1. The van der Waals surface area contributed by atoms with Crippen LogP contribution in [-0.2, 0) is 16.2 Å². The lowest BCUT2D eigenvalue weighted by atomic mass is 10.2. The third-order valence-electron chi connectivity index (χ3n) is 4.09. The van der Waals surface area contributed by atoms with E-state index in [4.69, 9.17) is 11.6 Å². The molecule has 0 aliphatic heterocycles. The van der Waals surface area contributed by atoms with Crippen molar-refractivity contribution in [2.24, 2.45) is 0 Å². The number of hydrogen-bond donors (Lipinski definition) is 2. The van der Waals surface area contributed by atoms with E-state index in [9.17, 15) is 26.4 Å². The van der Waals surface area contributed by atoms with E-state index in [1.807, 2.05) is 0 Å². The molecule has 13 heteroatoms. The van der Waals surface area contributed by atoms with E-state index in [0.717, 1.165) is 12.1 Å². The van der Waals surface area contributed by atoms with Crippen molar-refractivity contribution in [1.29, 1.82) is 0 Å². The van der Waals surface area contributed by atoms with Crippen molar-refractivity contribution < 1.29 is 26.4 Å². The van der Waals surface area contributed by atoms with Crippen molar-refractivity contribution in [1.82, 2.24) is 15.3 Å². The van der Waals surface area contributed by atoms with Gasteiger partial charge in [0, 0.05) is 23.2 Å². The summed E-state index contributed by atoms with van der Waals surface area (Å²) in [4.78, 5) is 20.0. The van der Waals surface area contributed by atoms with Crippen LogP contribution in [0.25, 0.3) is 0 Å². The number of hydrogen-bond acceptors (Lipinski definition) is 6. The summed E-state index contributed by atoms with van der Waals surface area (Å²) in [5.41, 5.74) is -0.885. The van der Waals surface area contributed by atoms with Crippen LogP contribution in [0.2, 0.25) is 5.02 Å². The van der Waals surface area contributed by atoms with Gasteiger partial charge in [-0.05, 0) is 49.4 Å². The molecule has 0 bridgehead atoms. The Morgan fingerprint density at radius 2 is 1.79 bits per heavy atom. The molecule has 0 aliphatic carbocycles. The number of sulfonamides is 1. The number of halogens is 4. The molecule has 7 nitrogen and oxygen atoms in total. The van der Waals surface area contributed by atoms with E-state index in [1.165, 1.54) is 36.3 Å². The van der Waals surface area contributed by atoms with Crippen molar-refractivity contribution in [2.45, 2.75) is 27.9 Å². The van der Waals surface area contributed by atoms with Crippen LogP contribution in [0.3, 0.4) is 0 Å². The first kappa shape index (κ1) is 24.8. The first-order valence-corrected chi connectivity index (χ1v) is 11.9. The standard InChI is InChI=1S/C20H16ClF3N4O3S2/c1-2-25-19(29)17-10-18(27-11-26-17)32-13-5-3-12(4-6-13)28-33(30,31)14-7-8-16(21)15(9-14)20(22,23)24/h3-11,28H,2H2,1H3,(H,25,29). The third-order valence-corrected chi connectivity index (χ3v) is 6.74. The molecule has 0 atom stereocenters. The van der Waals surface area contributed by atoms with Crippen LogP contribution < -0.4 is 10.0 Å². The highest BCUT2D eigenvalue weighted by Crippen LogP contribution is 2.36. The molecule has 0 radical (unpaired) electrons. The zero-order valence-corrected chi connectivity index (χ0v) is 19.2. The summed E-state index contributed by atoms with van der Waals surface area (Å²) in [6.45, 7) is 2.24. The van der Waals surface area contributed by atoms with Gasteiger partial charge in [0.2, 0.25) is 0 Å². The van der Waals surface area contributed by atoms with Gasteiger partial charge in [0.25, 0.3) is 15.9 Å². The minimum absolute atomic E-state index is 0.147. The van der Waals surface area contributed by atoms with E-state index in [-0.39, 0.29) is 17.3 Å². The fraction of sp³-hybridized carbons (Fsp3) is 0.150. The van der Waals surface area contributed by atoms with Crippen molar-refractivity contribution in [3.63, 3.8) is 0 Å². The summed E-state index contributed by atoms with van der Waals surface area (Å²) >= 11 is 6.77. The van der Waals surface area contributed by atoms with Crippen molar-refractivity contribution >= 4 is 45.0 Å². The Morgan fingerprint density at radius 1 is 1.09 bits per heavy atom. The van der Waals surface area contributed by atoms with E-state index >= 15 is 0 Å². The van der Waals surface area contributed by atoms with E-state index in [0.29, 0.717) is 22.5 Å². The molecule has 2 N–H and O–H groups in total. The third kappa shape index (κ3) is 6.36.